The Morgan fingerprint density at radius 1 is 1.03 bits per heavy atom. The van der Waals surface area contributed by atoms with Crippen molar-refractivity contribution in [3.8, 4) is 0 Å². The van der Waals surface area contributed by atoms with Gasteiger partial charge in [-0.15, -0.1) is 0 Å². The van der Waals surface area contributed by atoms with Crippen LogP contribution in [-0.2, 0) is 9.53 Å². The van der Waals surface area contributed by atoms with E-state index in [4.69, 9.17) is 4.74 Å². The minimum absolute atomic E-state index is 0.00109. The number of rotatable bonds is 7. The molecule has 30 heavy (non-hydrogen) atoms. The van der Waals surface area contributed by atoms with Crippen molar-refractivity contribution in [3.63, 3.8) is 0 Å². The van der Waals surface area contributed by atoms with Gasteiger partial charge in [0.15, 0.2) is 6.61 Å². The number of nitro benzene ring substituents is 1. The van der Waals surface area contributed by atoms with Crippen LogP contribution in [0, 0.1) is 13.7 Å². The van der Waals surface area contributed by atoms with E-state index in [1.54, 1.807) is 12.1 Å². The van der Waals surface area contributed by atoms with Crippen LogP contribution in [0.2, 0.25) is 0 Å². The summed E-state index contributed by atoms with van der Waals surface area (Å²) in [6.07, 6.45) is 0. The first-order chi connectivity index (χ1) is 14.4. The van der Waals surface area contributed by atoms with Gasteiger partial charge in [-0.05, 0) is 71.1 Å². The third-order valence-corrected chi connectivity index (χ3v) is 5.62. The van der Waals surface area contributed by atoms with Crippen LogP contribution in [0.1, 0.15) is 10.4 Å². The molecule has 3 rings (SSSR count). The molecule has 0 aliphatic carbocycles. The summed E-state index contributed by atoms with van der Waals surface area (Å²) in [5.41, 5.74) is 0.372. The molecule has 0 saturated heterocycles. The number of hydrogen-bond donors (Lipinski definition) is 1. The molecule has 3 aromatic carbocycles. The molecule has 0 bridgehead atoms. The number of nitro groups is 1. The average molecular weight is 534 g/mol. The molecule has 0 heterocycles. The van der Waals surface area contributed by atoms with Crippen molar-refractivity contribution in [1.29, 1.82) is 0 Å². The lowest BCUT2D eigenvalue weighted by Crippen LogP contribution is -2.21. The number of carbonyl (C=O) groups is 2. The topological polar surface area (TPSA) is 98.5 Å². The Kier molecular flexibility index (Phi) is 7.41. The predicted octanol–water partition coefficient (Wildman–Crippen LogP) is 5.15. The molecule has 1 N–H and O–H groups in total. The van der Waals surface area contributed by atoms with E-state index in [1.165, 1.54) is 23.9 Å². The fourth-order valence-electron chi connectivity index (χ4n) is 2.43. The molecule has 0 radical (unpaired) electrons. The SMILES string of the molecule is O=C(COC(=O)c1ccc(Sc2ccccc2)c([N+](=O)[O-])c1)Nc1ccc(I)cc1. The first kappa shape index (κ1) is 21.8. The molecule has 0 atom stereocenters. The molecule has 0 unspecified atom stereocenters. The summed E-state index contributed by atoms with van der Waals surface area (Å²) in [5, 5.41) is 14.1. The van der Waals surface area contributed by atoms with Crippen molar-refractivity contribution in [2.45, 2.75) is 9.79 Å². The maximum Gasteiger partial charge on any atom is 0.338 e. The third kappa shape index (κ3) is 6.04. The molecule has 0 aromatic heterocycles. The lowest BCUT2D eigenvalue weighted by Gasteiger charge is -2.08. The lowest BCUT2D eigenvalue weighted by atomic mass is 10.2. The van der Waals surface area contributed by atoms with Crippen LogP contribution in [0.25, 0.3) is 0 Å². The summed E-state index contributed by atoms with van der Waals surface area (Å²) in [4.78, 5) is 36.4. The second kappa shape index (κ2) is 10.2. The highest BCUT2D eigenvalue weighted by molar-refractivity contribution is 14.1. The van der Waals surface area contributed by atoms with Crippen LogP contribution in [0.3, 0.4) is 0 Å². The zero-order valence-corrected chi connectivity index (χ0v) is 18.4. The summed E-state index contributed by atoms with van der Waals surface area (Å²) in [5.74, 6) is -1.32. The van der Waals surface area contributed by atoms with Gasteiger partial charge >= 0.3 is 5.97 Å². The highest BCUT2D eigenvalue weighted by atomic mass is 127. The highest BCUT2D eigenvalue weighted by Crippen LogP contribution is 2.35. The van der Waals surface area contributed by atoms with E-state index < -0.39 is 23.4 Å². The van der Waals surface area contributed by atoms with E-state index in [-0.39, 0.29) is 11.3 Å². The Morgan fingerprint density at radius 2 is 1.73 bits per heavy atom. The lowest BCUT2D eigenvalue weighted by molar-refractivity contribution is -0.387. The molecular formula is C21H15IN2O5S. The number of amides is 1. The van der Waals surface area contributed by atoms with Crippen LogP contribution in [-0.4, -0.2) is 23.4 Å². The maximum atomic E-state index is 12.3. The monoisotopic (exact) mass is 534 g/mol. The minimum atomic E-state index is -0.813. The number of carbonyl (C=O) groups excluding carboxylic acids is 2. The van der Waals surface area contributed by atoms with Crippen molar-refractivity contribution in [2.75, 3.05) is 11.9 Å². The molecule has 0 fully saturated rings. The van der Waals surface area contributed by atoms with Gasteiger partial charge in [-0.1, -0.05) is 30.0 Å². The van der Waals surface area contributed by atoms with E-state index in [0.717, 1.165) is 14.5 Å². The number of hydrogen-bond acceptors (Lipinski definition) is 6. The van der Waals surface area contributed by atoms with Gasteiger partial charge in [0.2, 0.25) is 0 Å². The molecule has 0 spiro atoms. The van der Waals surface area contributed by atoms with Gasteiger partial charge in [-0.2, -0.15) is 0 Å². The standard InChI is InChI=1S/C21H15IN2O5S/c22-15-7-9-16(10-8-15)23-20(25)13-29-21(26)14-6-11-19(18(12-14)24(27)28)30-17-4-2-1-3-5-17/h1-12H,13H2,(H,23,25). The normalized spacial score (nSPS) is 10.3. The minimum Gasteiger partial charge on any atom is -0.452 e. The van der Waals surface area contributed by atoms with Crippen molar-refractivity contribution in [3.05, 3.63) is 92.0 Å². The van der Waals surface area contributed by atoms with Crippen molar-refractivity contribution < 1.29 is 19.2 Å². The summed E-state index contributed by atoms with van der Waals surface area (Å²) in [7, 11) is 0. The highest BCUT2D eigenvalue weighted by Gasteiger charge is 2.20. The summed E-state index contributed by atoms with van der Waals surface area (Å²) < 4.78 is 6.02. The number of anilines is 1. The predicted molar refractivity (Wildman–Crippen MR) is 122 cm³/mol. The van der Waals surface area contributed by atoms with E-state index in [0.29, 0.717) is 10.6 Å². The Bertz CT molecular complexity index is 1070. The molecule has 3 aromatic rings. The number of esters is 1. The van der Waals surface area contributed by atoms with Crippen LogP contribution in [0.4, 0.5) is 11.4 Å². The second-order valence-electron chi connectivity index (χ2n) is 5.99. The Morgan fingerprint density at radius 3 is 2.40 bits per heavy atom. The van der Waals surface area contributed by atoms with Crippen LogP contribution in [0.5, 0.6) is 0 Å². The Labute approximate surface area is 190 Å². The number of nitrogens with zero attached hydrogens (tertiary/aromatic N) is 1. The fraction of sp³-hybridized carbons (Fsp3) is 0.0476. The van der Waals surface area contributed by atoms with Crippen molar-refractivity contribution in [1.82, 2.24) is 0 Å². The quantitative estimate of drug-likeness (QED) is 0.195. The molecule has 1 amide bonds. The third-order valence-electron chi connectivity index (χ3n) is 3.82. The molecule has 0 aliphatic heterocycles. The van der Waals surface area contributed by atoms with Gasteiger partial charge in [-0.3, -0.25) is 14.9 Å². The number of halogens is 1. The largest absolute Gasteiger partial charge is 0.452 e. The zero-order chi connectivity index (χ0) is 21.5. The summed E-state index contributed by atoms with van der Waals surface area (Å²) in [6.45, 7) is -0.501. The molecule has 152 valence electrons. The van der Waals surface area contributed by atoms with Gasteiger partial charge in [0.25, 0.3) is 11.6 Å². The van der Waals surface area contributed by atoms with Crippen LogP contribution >= 0.6 is 34.4 Å². The number of nitrogens with one attached hydrogen (secondary N) is 1. The number of ether oxygens (including phenoxy) is 1. The molecule has 9 heteroatoms. The molecule has 0 saturated carbocycles. The van der Waals surface area contributed by atoms with Crippen LogP contribution in [0.15, 0.2) is 82.6 Å². The Hall–Kier alpha value is -2.92. The molecule has 7 nitrogen and oxygen atoms in total. The maximum absolute atomic E-state index is 12.3. The van der Waals surface area contributed by atoms with E-state index >= 15 is 0 Å². The molecular weight excluding hydrogens is 519 g/mol. The van der Waals surface area contributed by atoms with Crippen LogP contribution < -0.4 is 5.32 Å². The Balaban J connectivity index is 1.65. The van der Waals surface area contributed by atoms with E-state index in [9.17, 15) is 19.7 Å². The van der Waals surface area contributed by atoms with Crippen molar-refractivity contribution in [2.24, 2.45) is 0 Å². The van der Waals surface area contributed by atoms with Gasteiger partial charge in [-0.25, -0.2) is 4.79 Å². The van der Waals surface area contributed by atoms with Gasteiger partial charge in [0.1, 0.15) is 0 Å². The molecule has 0 aliphatic rings. The van der Waals surface area contributed by atoms with Gasteiger partial charge in [0.05, 0.1) is 15.4 Å². The van der Waals surface area contributed by atoms with Gasteiger partial charge in [0, 0.05) is 20.2 Å². The van der Waals surface area contributed by atoms with E-state index in [2.05, 4.69) is 27.9 Å². The first-order valence-electron chi connectivity index (χ1n) is 8.66. The second-order valence-corrected chi connectivity index (χ2v) is 8.35. The number of benzene rings is 3. The van der Waals surface area contributed by atoms with E-state index in [1.807, 2.05) is 42.5 Å². The summed E-state index contributed by atoms with van der Waals surface area (Å²) in [6, 6.07) is 20.4. The smallest absolute Gasteiger partial charge is 0.338 e. The van der Waals surface area contributed by atoms with Gasteiger partial charge < -0.3 is 10.1 Å². The summed E-state index contributed by atoms with van der Waals surface area (Å²) >= 11 is 3.37. The first-order valence-corrected chi connectivity index (χ1v) is 10.6. The average Bonchev–Trinajstić information content (AvgIpc) is 2.74. The zero-order valence-electron chi connectivity index (χ0n) is 15.4. The fourth-order valence-corrected chi connectivity index (χ4v) is 3.71. The van der Waals surface area contributed by atoms with Crippen molar-refractivity contribution >= 4 is 57.6 Å².